The lowest BCUT2D eigenvalue weighted by molar-refractivity contribution is -0.189. The number of alkyl halides is 6. The van der Waals surface area contributed by atoms with Crippen molar-refractivity contribution in [3.63, 3.8) is 0 Å². The zero-order valence-electron chi connectivity index (χ0n) is 20.5. The Morgan fingerprint density at radius 3 is 2.54 bits per heavy atom. The number of carbonyl (C=O) groups is 2. The molecule has 3 N–H and O–H groups in total. The van der Waals surface area contributed by atoms with Gasteiger partial charge in [-0.25, -0.2) is 14.8 Å². The van der Waals surface area contributed by atoms with Crippen molar-refractivity contribution in [2.45, 2.75) is 50.4 Å². The number of ether oxygens (including phenoxy) is 2. The summed E-state index contributed by atoms with van der Waals surface area (Å²) in [6, 6.07) is -0.739. The molecule has 2 aliphatic heterocycles. The molecule has 2 amide bonds. The molecule has 3 heterocycles. The van der Waals surface area contributed by atoms with Crippen molar-refractivity contribution in [3.05, 3.63) is 35.6 Å². The number of rotatable bonds is 5. The van der Waals surface area contributed by atoms with E-state index in [1.54, 1.807) is 0 Å². The summed E-state index contributed by atoms with van der Waals surface area (Å²) >= 11 is 0. The van der Waals surface area contributed by atoms with E-state index in [0.717, 1.165) is 11.0 Å². The molecule has 1 saturated heterocycles. The molecule has 16 heteroatoms. The van der Waals surface area contributed by atoms with Gasteiger partial charge in [0.25, 0.3) is 11.8 Å². The summed E-state index contributed by atoms with van der Waals surface area (Å²) in [4.78, 5) is 30.3. The second kappa shape index (κ2) is 10.1. The number of nitrogens with zero attached hydrogens (tertiary/aromatic N) is 2. The van der Waals surface area contributed by atoms with E-state index < -0.39 is 71.1 Å². The number of pyridine rings is 1. The van der Waals surface area contributed by atoms with E-state index in [-0.39, 0.29) is 23.9 Å². The summed E-state index contributed by atoms with van der Waals surface area (Å²) < 4.78 is 106. The first kappa shape index (κ1) is 28.4. The summed E-state index contributed by atoms with van der Waals surface area (Å²) in [5.74, 6) is -3.41. The average molecular weight is 565 g/mol. The van der Waals surface area contributed by atoms with Gasteiger partial charge in [-0.3, -0.25) is 19.9 Å². The van der Waals surface area contributed by atoms with Crippen molar-refractivity contribution in [2.24, 2.45) is 0 Å². The Bertz CT molecular complexity index is 1290. The molecule has 0 bridgehead atoms. The fourth-order valence-electron chi connectivity index (χ4n) is 3.99. The van der Waals surface area contributed by atoms with Gasteiger partial charge in [-0.1, -0.05) is 0 Å². The molecular formula is C23H22F7N5O4. The predicted molar refractivity (Wildman–Crippen MR) is 122 cm³/mol. The maximum Gasteiger partial charge on any atom is 0.425 e. The number of hydrogen-bond donors (Lipinski definition) is 3. The van der Waals surface area contributed by atoms with Gasteiger partial charge in [0.05, 0.1) is 17.3 Å². The fourth-order valence-corrected chi connectivity index (χ4v) is 3.99. The topological polar surface area (TPSA) is 105 Å². The second-order valence-corrected chi connectivity index (χ2v) is 8.99. The molecule has 4 atom stereocenters. The first-order chi connectivity index (χ1) is 18.1. The van der Waals surface area contributed by atoms with Crippen LogP contribution in [0.5, 0.6) is 11.5 Å². The van der Waals surface area contributed by atoms with Gasteiger partial charge < -0.3 is 14.8 Å². The normalized spacial score (nSPS) is 22.3. The van der Waals surface area contributed by atoms with Crippen LogP contribution in [0.2, 0.25) is 0 Å². The third kappa shape index (κ3) is 5.71. The van der Waals surface area contributed by atoms with Gasteiger partial charge in [0.1, 0.15) is 17.6 Å². The molecule has 1 aromatic carbocycles. The van der Waals surface area contributed by atoms with Gasteiger partial charge in [-0.15, -0.1) is 0 Å². The zero-order chi connectivity index (χ0) is 28.9. The molecule has 2 aliphatic rings. The lowest BCUT2D eigenvalue weighted by Crippen LogP contribution is -2.53. The van der Waals surface area contributed by atoms with E-state index in [0.29, 0.717) is 13.0 Å². The van der Waals surface area contributed by atoms with Crippen LogP contribution in [-0.2, 0) is 4.79 Å². The summed E-state index contributed by atoms with van der Waals surface area (Å²) in [5.41, 5.74) is 3.05. The molecule has 1 fully saturated rings. The Hall–Kier alpha value is -3.66. The maximum absolute atomic E-state index is 15.3. The minimum atomic E-state index is -4.89. The Kier molecular flexibility index (Phi) is 7.37. The molecule has 0 radical (unpaired) electrons. The van der Waals surface area contributed by atoms with Gasteiger partial charge in [0, 0.05) is 18.7 Å². The number of anilines is 1. The Morgan fingerprint density at radius 1 is 1.21 bits per heavy atom. The Morgan fingerprint density at radius 2 is 1.90 bits per heavy atom. The van der Waals surface area contributed by atoms with Crippen molar-refractivity contribution < 1.29 is 49.8 Å². The minimum Gasteiger partial charge on any atom is -0.480 e. The zero-order valence-corrected chi connectivity index (χ0v) is 20.5. The molecule has 4 unspecified atom stereocenters. The standard InChI is InChI=1S/C23H22F7N5O4/c1-9-18(19(34-33-9)23(28,29)30)32-21(37)12-6-13(24)11(7-16(12)39-10(2)22(25,26)27)14-4-5-15-20(31-14)35(3)17(36)8-38-15/h4-7,9-10,18-19,33-34H,8H2,1-3H3,(H,32,37). The van der Waals surface area contributed by atoms with Crippen LogP contribution in [0.3, 0.4) is 0 Å². The number of hydrazine groups is 1. The van der Waals surface area contributed by atoms with E-state index in [2.05, 4.69) is 15.7 Å². The smallest absolute Gasteiger partial charge is 0.425 e. The number of likely N-dealkylation sites (N-methyl/N-ethyl adjacent to an activating group) is 1. The number of amides is 2. The number of nitrogens with one attached hydrogen (secondary N) is 3. The van der Waals surface area contributed by atoms with E-state index >= 15 is 4.39 Å². The molecule has 39 heavy (non-hydrogen) atoms. The van der Waals surface area contributed by atoms with Crippen LogP contribution in [-0.4, -0.2) is 67.0 Å². The van der Waals surface area contributed by atoms with Gasteiger partial charge in [0.2, 0.25) is 0 Å². The molecule has 9 nitrogen and oxygen atoms in total. The number of benzene rings is 1. The summed E-state index contributed by atoms with van der Waals surface area (Å²) in [7, 11) is 1.39. The fraction of sp³-hybridized carbons (Fsp3) is 0.435. The van der Waals surface area contributed by atoms with Gasteiger partial charge in [-0.2, -0.15) is 26.3 Å². The average Bonchev–Trinajstić information content (AvgIpc) is 3.22. The van der Waals surface area contributed by atoms with Crippen molar-refractivity contribution in [1.29, 1.82) is 0 Å². The lowest BCUT2D eigenvalue weighted by Gasteiger charge is -2.26. The summed E-state index contributed by atoms with van der Waals surface area (Å²) in [6.45, 7) is 1.73. The maximum atomic E-state index is 15.3. The van der Waals surface area contributed by atoms with Crippen LogP contribution in [0.4, 0.5) is 36.6 Å². The van der Waals surface area contributed by atoms with Crippen LogP contribution in [0.25, 0.3) is 11.3 Å². The van der Waals surface area contributed by atoms with Gasteiger partial charge in [0.15, 0.2) is 24.3 Å². The highest BCUT2D eigenvalue weighted by molar-refractivity contribution is 5.98. The number of hydrogen-bond acceptors (Lipinski definition) is 7. The van der Waals surface area contributed by atoms with Crippen LogP contribution in [0.1, 0.15) is 24.2 Å². The molecule has 0 saturated carbocycles. The molecule has 2 aromatic rings. The van der Waals surface area contributed by atoms with Crippen molar-refractivity contribution >= 4 is 17.6 Å². The number of aromatic nitrogens is 1. The van der Waals surface area contributed by atoms with Crippen molar-refractivity contribution in [3.8, 4) is 22.8 Å². The monoisotopic (exact) mass is 565 g/mol. The molecular weight excluding hydrogens is 543 g/mol. The van der Waals surface area contributed by atoms with Gasteiger partial charge in [-0.05, 0) is 38.1 Å². The molecule has 0 aliphatic carbocycles. The third-order valence-corrected chi connectivity index (χ3v) is 6.25. The summed E-state index contributed by atoms with van der Waals surface area (Å²) in [6.07, 6.45) is -12.1. The van der Waals surface area contributed by atoms with Crippen LogP contribution in [0, 0.1) is 5.82 Å². The Balaban J connectivity index is 1.75. The highest BCUT2D eigenvalue weighted by Gasteiger charge is 2.51. The molecule has 212 valence electrons. The first-order valence-corrected chi connectivity index (χ1v) is 11.4. The lowest BCUT2D eigenvalue weighted by atomic mass is 10.0. The first-order valence-electron chi connectivity index (χ1n) is 11.4. The minimum absolute atomic E-state index is 0.0181. The van der Waals surface area contributed by atoms with Crippen molar-refractivity contribution in [1.82, 2.24) is 21.2 Å². The van der Waals surface area contributed by atoms with Crippen LogP contribution < -0.4 is 30.5 Å². The third-order valence-electron chi connectivity index (χ3n) is 6.25. The number of carbonyl (C=O) groups excluding carboxylic acids is 2. The largest absolute Gasteiger partial charge is 0.480 e. The SMILES string of the molecule is CC1NNC(C(F)(F)F)C1NC(=O)c1cc(F)c(-c2ccc3c(n2)N(C)C(=O)CO3)cc1OC(C)C(F)(F)F. The van der Waals surface area contributed by atoms with E-state index in [4.69, 9.17) is 9.47 Å². The van der Waals surface area contributed by atoms with E-state index in [1.165, 1.54) is 26.1 Å². The molecule has 4 rings (SSSR count). The van der Waals surface area contributed by atoms with Crippen LogP contribution in [0.15, 0.2) is 24.3 Å². The van der Waals surface area contributed by atoms with Crippen LogP contribution >= 0.6 is 0 Å². The van der Waals surface area contributed by atoms with E-state index in [1.807, 2.05) is 5.43 Å². The van der Waals surface area contributed by atoms with Gasteiger partial charge >= 0.3 is 12.4 Å². The predicted octanol–water partition coefficient (Wildman–Crippen LogP) is 3.10. The summed E-state index contributed by atoms with van der Waals surface area (Å²) in [5, 5.41) is 2.10. The highest BCUT2D eigenvalue weighted by atomic mass is 19.4. The molecule has 1 aromatic heterocycles. The Labute approximate surface area is 216 Å². The number of fused-ring (bicyclic) bond motifs is 1. The second-order valence-electron chi connectivity index (χ2n) is 8.99. The number of halogens is 7. The molecule has 0 spiro atoms. The quantitative estimate of drug-likeness (QED) is 0.479. The van der Waals surface area contributed by atoms with Crippen molar-refractivity contribution in [2.75, 3.05) is 18.6 Å². The van der Waals surface area contributed by atoms with E-state index in [9.17, 15) is 35.9 Å². The highest BCUT2D eigenvalue weighted by Crippen LogP contribution is 2.37.